The van der Waals surface area contributed by atoms with Crippen molar-refractivity contribution in [3.63, 3.8) is 0 Å². The molecule has 0 aromatic heterocycles. The van der Waals surface area contributed by atoms with Crippen LogP contribution in [0.4, 0.5) is 5.69 Å². The Labute approximate surface area is 143 Å². The fourth-order valence-corrected chi connectivity index (χ4v) is 2.32. The Balaban J connectivity index is 2.19. The van der Waals surface area contributed by atoms with Gasteiger partial charge < -0.3 is 5.32 Å². The van der Waals surface area contributed by atoms with E-state index in [4.69, 9.17) is 0 Å². The second-order valence-corrected chi connectivity index (χ2v) is 6.87. The van der Waals surface area contributed by atoms with Gasteiger partial charge in [0.1, 0.15) is 11.6 Å². The van der Waals surface area contributed by atoms with E-state index in [1.807, 2.05) is 55.5 Å². The van der Waals surface area contributed by atoms with Gasteiger partial charge in [0, 0.05) is 5.69 Å². The van der Waals surface area contributed by atoms with E-state index >= 15 is 0 Å². The number of amides is 1. The van der Waals surface area contributed by atoms with Gasteiger partial charge >= 0.3 is 0 Å². The van der Waals surface area contributed by atoms with Crippen LogP contribution >= 0.6 is 0 Å². The molecule has 0 spiro atoms. The lowest BCUT2D eigenvalue weighted by Crippen LogP contribution is -2.13. The summed E-state index contributed by atoms with van der Waals surface area (Å²) >= 11 is 0. The van der Waals surface area contributed by atoms with Gasteiger partial charge in [-0.1, -0.05) is 57.2 Å². The van der Waals surface area contributed by atoms with E-state index in [0.29, 0.717) is 5.69 Å². The number of nitrogens with one attached hydrogen (secondary N) is 1. The number of nitrogens with zero attached hydrogens (tertiary/aromatic N) is 1. The minimum Gasteiger partial charge on any atom is -0.321 e. The first-order valence-electron chi connectivity index (χ1n) is 7.90. The Kier molecular flexibility index (Phi) is 5.21. The van der Waals surface area contributed by atoms with E-state index in [1.54, 1.807) is 12.1 Å². The lowest BCUT2D eigenvalue weighted by molar-refractivity contribution is -0.112. The molecule has 2 aromatic rings. The lowest BCUT2D eigenvalue weighted by atomic mass is 9.86. The van der Waals surface area contributed by atoms with Crippen molar-refractivity contribution in [3.05, 3.63) is 70.8 Å². The standard InChI is InChI=1S/C21H22N2O/c1-15-6-5-7-19(12-15)23-20(24)17(14-22)13-16-8-10-18(11-9-16)21(2,3)4/h5-13H,1-4H3,(H,23,24)/b17-13-. The molecule has 0 unspecified atom stereocenters. The highest BCUT2D eigenvalue weighted by atomic mass is 16.1. The monoisotopic (exact) mass is 318 g/mol. The van der Waals surface area contributed by atoms with E-state index in [2.05, 4.69) is 26.1 Å². The number of nitriles is 1. The van der Waals surface area contributed by atoms with Gasteiger partial charge in [-0.15, -0.1) is 0 Å². The molecule has 0 aliphatic heterocycles. The largest absolute Gasteiger partial charge is 0.321 e. The van der Waals surface area contributed by atoms with Gasteiger partial charge in [0.2, 0.25) is 0 Å². The maximum atomic E-state index is 12.3. The van der Waals surface area contributed by atoms with Crippen LogP contribution in [0.3, 0.4) is 0 Å². The van der Waals surface area contributed by atoms with Crippen molar-refractivity contribution in [3.8, 4) is 6.07 Å². The zero-order valence-electron chi connectivity index (χ0n) is 14.6. The van der Waals surface area contributed by atoms with Crippen molar-refractivity contribution in [2.24, 2.45) is 0 Å². The van der Waals surface area contributed by atoms with Crippen molar-refractivity contribution in [1.29, 1.82) is 5.26 Å². The lowest BCUT2D eigenvalue weighted by Gasteiger charge is -2.18. The molecule has 0 radical (unpaired) electrons. The first-order valence-corrected chi connectivity index (χ1v) is 7.90. The van der Waals surface area contributed by atoms with Crippen LogP contribution in [0.5, 0.6) is 0 Å². The van der Waals surface area contributed by atoms with E-state index in [1.165, 1.54) is 5.56 Å². The first kappa shape index (κ1) is 17.5. The Morgan fingerprint density at radius 2 is 1.79 bits per heavy atom. The molecule has 0 saturated carbocycles. The molecule has 3 nitrogen and oxygen atoms in total. The molecule has 2 rings (SSSR count). The molecule has 0 saturated heterocycles. The van der Waals surface area contributed by atoms with Crippen LogP contribution in [-0.4, -0.2) is 5.91 Å². The molecule has 0 atom stereocenters. The van der Waals surface area contributed by atoms with Gasteiger partial charge in [-0.25, -0.2) is 0 Å². The van der Waals surface area contributed by atoms with Crippen LogP contribution in [-0.2, 0) is 10.2 Å². The molecule has 0 fully saturated rings. The summed E-state index contributed by atoms with van der Waals surface area (Å²) in [5, 5.41) is 12.1. The number of aryl methyl sites for hydroxylation is 1. The zero-order valence-corrected chi connectivity index (χ0v) is 14.6. The summed E-state index contributed by atoms with van der Waals surface area (Å²) < 4.78 is 0. The molecule has 1 amide bonds. The minimum absolute atomic E-state index is 0.0723. The average molecular weight is 318 g/mol. The Bertz CT molecular complexity index is 803. The Morgan fingerprint density at radius 1 is 1.12 bits per heavy atom. The maximum Gasteiger partial charge on any atom is 0.266 e. The molecule has 0 heterocycles. The number of rotatable bonds is 3. The molecular formula is C21H22N2O. The summed E-state index contributed by atoms with van der Waals surface area (Å²) in [6.07, 6.45) is 1.61. The molecule has 0 bridgehead atoms. The van der Waals surface area contributed by atoms with Crippen LogP contribution < -0.4 is 5.32 Å². The summed E-state index contributed by atoms with van der Waals surface area (Å²) in [6.45, 7) is 8.39. The summed E-state index contributed by atoms with van der Waals surface area (Å²) in [4.78, 5) is 12.3. The van der Waals surface area contributed by atoms with E-state index in [-0.39, 0.29) is 11.0 Å². The van der Waals surface area contributed by atoms with Crippen molar-refractivity contribution in [1.82, 2.24) is 0 Å². The summed E-state index contributed by atoms with van der Waals surface area (Å²) in [5.41, 5.74) is 3.93. The SMILES string of the molecule is Cc1cccc(NC(=O)/C(C#N)=C\c2ccc(C(C)(C)C)cc2)c1. The molecule has 0 aliphatic carbocycles. The van der Waals surface area contributed by atoms with Crippen LogP contribution in [0.15, 0.2) is 54.1 Å². The van der Waals surface area contributed by atoms with Gasteiger partial charge in [-0.2, -0.15) is 5.26 Å². The number of anilines is 1. The van der Waals surface area contributed by atoms with Crippen LogP contribution in [0.2, 0.25) is 0 Å². The van der Waals surface area contributed by atoms with Gasteiger partial charge in [0.25, 0.3) is 5.91 Å². The minimum atomic E-state index is -0.400. The van der Waals surface area contributed by atoms with Gasteiger partial charge in [0.05, 0.1) is 0 Å². The van der Waals surface area contributed by atoms with Gasteiger partial charge in [-0.3, -0.25) is 4.79 Å². The third-order valence-electron chi connectivity index (χ3n) is 3.73. The molecule has 122 valence electrons. The third-order valence-corrected chi connectivity index (χ3v) is 3.73. The second kappa shape index (κ2) is 7.14. The smallest absolute Gasteiger partial charge is 0.266 e. The van der Waals surface area contributed by atoms with E-state index < -0.39 is 5.91 Å². The van der Waals surface area contributed by atoms with Crippen molar-refractivity contribution in [2.45, 2.75) is 33.1 Å². The predicted molar refractivity (Wildman–Crippen MR) is 98.5 cm³/mol. The normalized spacial score (nSPS) is 11.7. The molecule has 2 aromatic carbocycles. The van der Waals surface area contributed by atoms with E-state index in [0.717, 1.165) is 11.1 Å². The molecule has 24 heavy (non-hydrogen) atoms. The molecular weight excluding hydrogens is 296 g/mol. The second-order valence-electron chi connectivity index (χ2n) is 6.87. The fourth-order valence-electron chi connectivity index (χ4n) is 2.32. The van der Waals surface area contributed by atoms with E-state index in [9.17, 15) is 10.1 Å². The summed E-state index contributed by atoms with van der Waals surface area (Å²) in [5.74, 6) is -0.400. The zero-order chi connectivity index (χ0) is 17.7. The summed E-state index contributed by atoms with van der Waals surface area (Å²) in [7, 11) is 0. The number of hydrogen-bond acceptors (Lipinski definition) is 2. The fraction of sp³-hybridized carbons (Fsp3) is 0.238. The summed E-state index contributed by atoms with van der Waals surface area (Å²) in [6, 6.07) is 17.4. The van der Waals surface area contributed by atoms with Crippen molar-refractivity contribution in [2.75, 3.05) is 5.32 Å². The molecule has 0 aliphatic rings. The highest BCUT2D eigenvalue weighted by molar-refractivity contribution is 6.09. The van der Waals surface area contributed by atoms with Gasteiger partial charge in [0.15, 0.2) is 0 Å². The Hall–Kier alpha value is -2.86. The third kappa shape index (κ3) is 4.57. The predicted octanol–water partition coefficient (Wildman–Crippen LogP) is 4.84. The number of carbonyl (C=O) groups excluding carboxylic acids is 1. The quantitative estimate of drug-likeness (QED) is 0.650. The van der Waals surface area contributed by atoms with Crippen molar-refractivity contribution < 1.29 is 4.79 Å². The van der Waals surface area contributed by atoms with Crippen LogP contribution in [0, 0.1) is 18.3 Å². The Morgan fingerprint density at radius 3 is 2.33 bits per heavy atom. The highest BCUT2D eigenvalue weighted by Gasteiger charge is 2.13. The first-order chi connectivity index (χ1) is 11.3. The van der Waals surface area contributed by atoms with Crippen LogP contribution in [0.1, 0.15) is 37.5 Å². The van der Waals surface area contributed by atoms with Crippen molar-refractivity contribution >= 4 is 17.7 Å². The molecule has 3 heteroatoms. The molecule has 1 N–H and O–H groups in total. The highest BCUT2D eigenvalue weighted by Crippen LogP contribution is 2.23. The number of carbonyl (C=O) groups is 1. The topological polar surface area (TPSA) is 52.9 Å². The van der Waals surface area contributed by atoms with Gasteiger partial charge in [-0.05, 0) is 47.2 Å². The number of hydrogen-bond donors (Lipinski definition) is 1. The maximum absolute atomic E-state index is 12.3. The van der Waals surface area contributed by atoms with Crippen LogP contribution in [0.25, 0.3) is 6.08 Å². The average Bonchev–Trinajstić information content (AvgIpc) is 2.52. The number of benzene rings is 2.